The number of hydrogen-bond donors (Lipinski definition) is 1. The maximum Gasteiger partial charge on any atom is 0.274 e. The van der Waals surface area contributed by atoms with Crippen LogP contribution >= 0.6 is 0 Å². The Morgan fingerprint density at radius 3 is 2.66 bits per heavy atom. The van der Waals surface area contributed by atoms with Crippen LogP contribution < -0.4 is 14.8 Å². The van der Waals surface area contributed by atoms with Gasteiger partial charge < -0.3 is 19.2 Å². The van der Waals surface area contributed by atoms with Gasteiger partial charge in [-0.15, -0.1) is 0 Å². The average molecular weight is 392 g/mol. The van der Waals surface area contributed by atoms with Crippen molar-refractivity contribution < 1.29 is 18.7 Å². The largest absolute Gasteiger partial charge is 0.493 e. The molecule has 0 radical (unpaired) electrons. The summed E-state index contributed by atoms with van der Waals surface area (Å²) in [6, 6.07) is 12.3. The van der Waals surface area contributed by atoms with E-state index in [2.05, 4.69) is 15.4 Å². The Kier molecular flexibility index (Phi) is 4.90. The van der Waals surface area contributed by atoms with E-state index in [1.165, 1.54) is 0 Å². The van der Waals surface area contributed by atoms with Gasteiger partial charge in [0.25, 0.3) is 5.91 Å². The molecule has 0 atom stereocenters. The molecular weight excluding hydrogens is 372 g/mol. The summed E-state index contributed by atoms with van der Waals surface area (Å²) < 4.78 is 17.7. The molecule has 29 heavy (non-hydrogen) atoms. The van der Waals surface area contributed by atoms with Gasteiger partial charge in [-0.1, -0.05) is 6.92 Å². The molecule has 148 valence electrons. The molecule has 0 aliphatic rings. The number of nitrogens with one attached hydrogen (secondary N) is 1. The number of fused-ring (bicyclic) bond motifs is 1. The van der Waals surface area contributed by atoms with Crippen molar-refractivity contribution in [2.24, 2.45) is 0 Å². The number of nitrogens with zero attached hydrogens (tertiary/aromatic N) is 3. The summed E-state index contributed by atoms with van der Waals surface area (Å²) in [6.07, 6.45) is 2.28. The van der Waals surface area contributed by atoms with Gasteiger partial charge in [0.1, 0.15) is 11.4 Å². The molecule has 1 N–H and O–H groups in total. The molecular formula is C21H20N4O4. The Bertz CT molecular complexity index is 1170. The second-order valence-corrected chi connectivity index (χ2v) is 6.29. The third-order valence-electron chi connectivity index (χ3n) is 4.51. The molecule has 0 unspecified atom stereocenters. The number of anilines is 1. The molecule has 0 saturated carbocycles. The maximum atomic E-state index is 12.8. The Hall–Kier alpha value is -3.81. The van der Waals surface area contributed by atoms with Gasteiger partial charge in [0.05, 0.1) is 20.5 Å². The molecule has 8 heteroatoms. The molecule has 4 aromatic rings. The summed E-state index contributed by atoms with van der Waals surface area (Å²) in [7, 11) is 3.10. The molecule has 1 amide bonds. The molecule has 3 heterocycles. The topological polar surface area (TPSA) is 90.9 Å². The van der Waals surface area contributed by atoms with E-state index in [4.69, 9.17) is 13.9 Å². The molecule has 0 bridgehead atoms. The Balaban J connectivity index is 1.67. The van der Waals surface area contributed by atoms with E-state index in [-0.39, 0.29) is 5.91 Å². The lowest BCUT2D eigenvalue weighted by molar-refractivity contribution is 0.102. The van der Waals surface area contributed by atoms with E-state index in [9.17, 15) is 4.79 Å². The van der Waals surface area contributed by atoms with Crippen LogP contribution in [0.15, 0.2) is 53.1 Å². The van der Waals surface area contributed by atoms with Crippen molar-refractivity contribution in [3.8, 4) is 23.0 Å². The van der Waals surface area contributed by atoms with Crippen LogP contribution in [0.3, 0.4) is 0 Å². The summed E-state index contributed by atoms with van der Waals surface area (Å²) >= 11 is 0. The van der Waals surface area contributed by atoms with E-state index < -0.39 is 0 Å². The van der Waals surface area contributed by atoms with E-state index in [1.54, 1.807) is 61.4 Å². The van der Waals surface area contributed by atoms with E-state index >= 15 is 0 Å². The van der Waals surface area contributed by atoms with Crippen LogP contribution in [-0.2, 0) is 6.42 Å². The van der Waals surface area contributed by atoms with Gasteiger partial charge in [0.15, 0.2) is 22.9 Å². The summed E-state index contributed by atoms with van der Waals surface area (Å²) in [6.45, 7) is 2.00. The van der Waals surface area contributed by atoms with Crippen molar-refractivity contribution >= 4 is 17.2 Å². The highest BCUT2D eigenvalue weighted by Crippen LogP contribution is 2.30. The zero-order valence-corrected chi connectivity index (χ0v) is 16.3. The average Bonchev–Trinajstić information content (AvgIpc) is 3.42. The quantitative estimate of drug-likeness (QED) is 0.536. The van der Waals surface area contributed by atoms with Crippen molar-refractivity contribution in [2.75, 3.05) is 19.5 Å². The van der Waals surface area contributed by atoms with Crippen molar-refractivity contribution in [1.82, 2.24) is 14.6 Å². The highest BCUT2D eigenvalue weighted by atomic mass is 16.5. The van der Waals surface area contributed by atoms with Crippen LogP contribution in [0.1, 0.15) is 23.1 Å². The smallest absolute Gasteiger partial charge is 0.274 e. The van der Waals surface area contributed by atoms with Gasteiger partial charge in [-0.25, -0.2) is 9.50 Å². The summed E-state index contributed by atoms with van der Waals surface area (Å²) in [5.41, 5.74) is 2.99. The number of amides is 1. The van der Waals surface area contributed by atoms with E-state index in [1.807, 2.05) is 13.0 Å². The minimum Gasteiger partial charge on any atom is -0.493 e. The van der Waals surface area contributed by atoms with Gasteiger partial charge in [-0.2, -0.15) is 5.10 Å². The van der Waals surface area contributed by atoms with Gasteiger partial charge in [-0.05, 0) is 36.8 Å². The molecule has 8 nitrogen and oxygen atoms in total. The van der Waals surface area contributed by atoms with Crippen LogP contribution in [0.5, 0.6) is 11.5 Å². The summed E-state index contributed by atoms with van der Waals surface area (Å²) in [5.74, 6) is 1.44. The van der Waals surface area contributed by atoms with Crippen LogP contribution in [0.25, 0.3) is 17.1 Å². The highest BCUT2D eigenvalue weighted by molar-refractivity contribution is 6.03. The number of rotatable bonds is 6. The maximum absolute atomic E-state index is 12.8. The fraction of sp³-hybridized carbons (Fsp3) is 0.190. The number of methoxy groups -OCH3 is 2. The first-order valence-corrected chi connectivity index (χ1v) is 9.10. The predicted octanol–water partition coefficient (Wildman–Crippen LogP) is 3.82. The fourth-order valence-electron chi connectivity index (χ4n) is 3.06. The van der Waals surface area contributed by atoms with Crippen molar-refractivity contribution in [3.63, 3.8) is 0 Å². The molecule has 0 spiro atoms. The lowest BCUT2D eigenvalue weighted by Gasteiger charge is -2.11. The van der Waals surface area contributed by atoms with E-state index in [0.29, 0.717) is 46.4 Å². The number of ether oxygens (including phenoxy) is 2. The zero-order chi connectivity index (χ0) is 20.4. The van der Waals surface area contributed by atoms with Crippen LogP contribution in [0.2, 0.25) is 0 Å². The molecule has 4 rings (SSSR count). The van der Waals surface area contributed by atoms with Gasteiger partial charge in [0, 0.05) is 23.5 Å². The van der Waals surface area contributed by atoms with Gasteiger partial charge in [0.2, 0.25) is 0 Å². The van der Waals surface area contributed by atoms with Crippen LogP contribution in [-0.4, -0.2) is 34.7 Å². The van der Waals surface area contributed by atoms with Crippen LogP contribution in [0.4, 0.5) is 5.69 Å². The minimum atomic E-state index is -0.324. The molecule has 0 aliphatic carbocycles. The third kappa shape index (κ3) is 3.52. The standard InChI is InChI=1S/C21H20N4O4/c1-4-14-11-16(21(26)22-13-7-8-18(27-2)19(10-13)28-3)23-20-12-15(24-25(14)20)17-6-5-9-29-17/h5-12H,4H2,1-3H3,(H,22,26). The normalized spacial score (nSPS) is 10.9. The Morgan fingerprint density at radius 1 is 1.14 bits per heavy atom. The second-order valence-electron chi connectivity index (χ2n) is 6.29. The monoisotopic (exact) mass is 392 g/mol. The van der Waals surface area contributed by atoms with Crippen LogP contribution in [0, 0.1) is 0 Å². The number of carbonyl (C=O) groups is 1. The number of furan rings is 1. The zero-order valence-electron chi connectivity index (χ0n) is 16.3. The highest BCUT2D eigenvalue weighted by Gasteiger charge is 2.16. The third-order valence-corrected chi connectivity index (χ3v) is 4.51. The first kappa shape index (κ1) is 18.5. The van der Waals surface area contributed by atoms with Gasteiger partial charge >= 0.3 is 0 Å². The molecule has 0 saturated heterocycles. The minimum absolute atomic E-state index is 0.301. The summed E-state index contributed by atoms with van der Waals surface area (Å²) in [5, 5.41) is 7.40. The second kappa shape index (κ2) is 7.67. The first-order chi connectivity index (χ1) is 14.1. The number of aromatic nitrogens is 3. The molecule has 0 fully saturated rings. The summed E-state index contributed by atoms with van der Waals surface area (Å²) in [4.78, 5) is 17.3. The SMILES string of the molecule is CCc1cc(C(=O)Nc2ccc(OC)c(OC)c2)nc2cc(-c3ccco3)nn12. The molecule has 0 aliphatic heterocycles. The van der Waals surface area contributed by atoms with E-state index in [0.717, 1.165) is 5.69 Å². The number of hydrogen-bond acceptors (Lipinski definition) is 6. The number of aryl methyl sites for hydroxylation is 1. The molecule has 3 aromatic heterocycles. The Labute approximate surface area is 167 Å². The number of benzene rings is 1. The van der Waals surface area contributed by atoms with Crippen molar-refractivity contribution in [3.05, 3.63) is 60.1 Å². The fourth-order valence-corrected chi connectivity index (χ4v) is 3.06. The number of carbonyl (C=O) groups excluding carboxylic acids is 1. The lowest BCUT2D eigenvalue weighted by Crippen LogP contribution is -2.15. The first-order valence-electron chi connectivity index (χ1n) is 9.10. The Morgan fingerprint density at radius 2 is 1.97 bits per heavy atom. The van der Waals surface area contributed by atoms with Crippen molar-refractivity contribution in [2.45, 2.75) is 13.3 Å². The van der Waals surface area contributed by atoms with Gasteiger partial charge in [-0.3, -0.25) is 4.79 Å². The lowest BCUT2D eigenvalue weighted by atomic mass is 10.2. The molecule has 1 aromatic carbocycles. The van der Waals surface area contributed by atoms with Crippen molar-refractivity contribution in [1.29, 1.82) is 0 Å². The predicted molar refractivity (Wildman–Crippen MR) is 108 cm³/mol.